The summed E-state index contributed by atoms with van der Waals surface area (Å²) in [7, 11) is 0. The van der Waals surface area contributed by atoms with E-state index >= 15 is 0 Å². The lowest BCUT2D eigenvalue weighted by atomic mass is 10.2. The van der Waals surface area contributed by atoms with E-state index in [1.54, 1.807) is 12.4 Å². The molecule has 1 aromatic heterocycles. The van der Waals surface area contributed by atoms with E-state index in [0.29, 0.717) is 25.3 Å². The minimum Gasteiger partial charge on any atom is -0.338 e. The lowest BCUT2D eigenvalue weighted by molar-refractivity contribution is 0.240. The van der Waals surface area contributed by atoms with Crippen molar-refractivity contribution < 1.29 is 4.79 Å². The molecule has 0 saturated carbocycles. The van der Waals surface area contributed by atoms with Gasteiger partial charge >= 0.3 is 6.03 Å². The van der Waals surface area contributed by atoms with Crippen molar-refractivity contribution in [3.63, 3.8) is 0 Å². The fourth-order valence-electron chi connectivity index (χ4n) is 2.38. The maximum atomic E-state index is 11.8. The number of hydrogen-bond acceptors (Lipinski definition) is 3. The summed E-state index contributed by atoms with van der Waals surface area (Å²) in [6.45, 7) is 1.05. The molecule has 2 N–H and O–H groups in total. The number of carbonyl (C=O) groups excluding carboxylic acids is 1. The maximum absolute atomic E-state index is 11.8. The zero-order valence-electron chi connectivity index (χ0n) is 13.9. The number of urea groups is 1. The van der Waals surface area contributed by atoms with Crippen LogP contribution in [0, 0.1) is 0 Å². The monoisotopic (exact) mass is 332 g/mol. The summed E-state index contributed by atoms with van der Waals surface area (Å²) in [5, 5.41) is 5.68. The minimum atomic E-state index is -0.175. The number of rotatable bonds is 6. The Hall–Kier alpha value is -3.21. The van der Waals surface area contributed by atoms with Crippen molar-refractivity contribution in [2.45, 2.75) is 13.0 Å². The van der Waals surface area contributed by atoms with Crippen molar-refractivity contribution in [1.29, 1.82) is 0 Å². The first-order valence-electron chi connectivity index (χ1n) is 8.23. The van der Waals surface area contributed by atoms with E-state index in [1.807, 2.05) is 60.7 Å². The zero-order valence-corrected chi connectivity index (χ0v) is 13.9. The summed E-state index contributed by atoms with van der Waals surface area (Å²) >= 11 is 0. The van der Waals surface area contributed by atoms with Gasteiger partial charge < -0.3 is 10.6 Å². The van der Waals surface area contributed by atoms with Crippen molar-refractivity contribution in [2.75, 3.05) is 6.54 Å². The van der Waals surface area contributed by atoms with Gasteiger partial charge in [0.25, 0.3) is 0 Å². The van der Waals surface area contributed by atoms with Crippen LogP contribution in [-0.4, -0.2) is 22.5 Å². The average Bonchev–Trinajstić information content (AvgIpc) is 2.68. The first-order valence-corrected chi connectivity index (χ1v) is 8.23. The summed E-state index contributed by atoms with van der Waals surface area (Å²) < 4.78 is 0. The molecule has 0 saturated heterocycles. The van der Waals surface area contributed by atoms with Crippen molar-refractivity contribution >= 4 is 6.03 Å². The first-order chi connectivity index (χ1) is 12.3. The molecule has 0 spiro atoms. The van der Waals surface area contributed by atoms with E-state index in [4.69, 9.17) is 0 Å². The Morgan fingerprint density at radius 1 is 0.800 bits per heavy atom. The Morgan fingerprint density at radius 2 is 1.44 bits per heavy atom. The van der Waals surface area contributed by atoms with Gasteiger partial charge in [-0.15, -0.1) is 0 Å². The highest BCUT2D eigenvalue weighted by atomic mass is 16.2. The summed E-state index contributed by atoms with van der Waals surface area (Å²) in [5.74, 6) is 0.706. The number of benzene rings is 2. The summed E-state index contributed by atoms with van der Waals surface area (Å²) in [6.07, 6.45) is 4.30. The molecule has 0 fully saturated rings. The minimum absolute atomic E-state index is 0.175. The summed E-state index contributed by atoms with van der Waals surface area (Å²) in [6, 6.07) is 19.5. The van der Waals surface area contributed by atoms with E-state index in [9.17, 15) is 4.79 Å². The maximum Gasteiger partial charge on any atom is 0.315 e. The fourth-order valence-corrected chi connectivity index (χ4v) is 2.38. The van der Waals surface area contributed by atoms with Gasteiger partial charge in [0.05, 0.1) is 0 Å². The molecule has 0 radical (unpaired) electrons. The van der Waals surface area contributed by atoms with E-state index in [2.05, 4.69) is 20.6 Å². The number of aromatic nitrogens is 2. The topological polar surface area (TPSA) is 66.9 Å². The predicted molar refractivity (Wildman–Crippen MR) is 97.9 cm³/mol. The van der Waals surface area contributed by atoms with E-state index in [1.165, 1.54) is 0 Å². The van der Waals surface area contributed by atoms with Crippen LogP contribution in [0.4, 0.5) is 4.79 Å². The molecule has 0 aliphatic carbocycles. The smallest absolute Gasteiger partial charge is 0.315 e. The highest BCUT2D eigenvalue weighted by Crippen LogP contribution is 2.13. The molecule has 2 amide bonds. The van der Waals surface area contributed by atoms with Crippen molar-refractivity contribution in [1.82, 2.24) is 20.6 Å². The Labute approximate surface area is 147 Å². The number of hydrogen-bond donors (Lipinski definition) is 2. The summed E-state index contributed by atoms with van der Waals surface area (Å²) in [4.78, 5) is 20.6. The van der Waals surface area contributed by atoms with Crippen molar-refractivity contribution in [3.05, 3.63) is 84.2 Å². The molecule has 0 unspecified atom stereocenters. The summed E-state index contributed by atoms with van der Waals surface area (Å²) in [5.41, 5.74) is 3.05. The van der Waals surface area contributed by atoms with Gasteiger partial charge in [0.15, 0.2) is 5.82 Å². The second-order valence-electron chi connectivity index (χ2n) is 5.63. The van der Waals surface area contributed by atoms with Gasteiger partial charge in [-0.3, -0.25) is 0 Å². The Balaban J connectivity index is 1.42. The quantitative estimate of drug-likeness (QED) is 0.728. The number of amides is 2. The molecule has 3 aromatic rings. The van der Waals surface area contributed by atoms with Gasteiger partial charge in [0, 0.05) is 31.0 Å². The van der Waals surface area contributed by atoms with E-state index < -0.39 is 0 Å². The number of nitrogens with zero attached hydrogens (tertiary/aromatic N) is 2. The normalized spacial score (nSPS) is 10.2. The number of nitrogens with one attached hydrogen (secondary N) is 2. The molecule has 5 nitrogen and oxygen atoms in total. The second kappa shape index (κ2) is 8.59. The van der Waals surface area contributed by atoms with Crippen LogP contribution in [0.2, 0.25) is 0 Å². The molecule has 3 rings (SSSR count). The van der Waals surface area contributed by atoms with Crippen LogP contribution in [0.3, 0.4) is 0 Å². The molecule has 0 aliphatic rings. The van der Waals surface area contributed by atoms with Gasteiger partial charge in [0.1, 0.15) is 0 Å². The van der Waals surface area contributed by atoms with Gasteiger partial charge in [-0.1, -0.05) is 60.7 Å². The molecule has 0 atom stereocenters. The molecule has 0 aliphatic heterocycles. The van der Waals surface area contributed by atoms with Crippen LogP contribution in [0.15, 0.2) is 73.1 Å². The van der Waals surface area contributed by atoms with Crippen LogP contribution in [0.5, 0.6) is 0 Å². The first kappa shape index (κ1) is 16.6. The van der Waals surface area contributed by atoms with Crippen LogP contribution >= 0.6 is 0 Å². The van der Waals surface area contributed by atoms with Gasteiger partial charge in [-0.05, 0) is 17.5 Å². The lowest BCUT2D eigenvalue weighted by Crippen LogP contribution is -2.36. The SMILES string of the molecule is O=C(NCCc1cnc(-c2ccccc2)nc1)NCc1ccccc1. The van der Waals surface area contributed by atoms with Crippen LogP contribution < -0.4 is 10.6 Å². The lowest BCUT2D eigenvalue weighted by Gasteiger charge is -2.08. The molecule has 126 valence electrons. The Morgan fingerprint density at radius 3 is 2.12 bits per heavy atom. The molecule has 0 bridgehead atoms. The Bertz CT molecular complexity index is 789. The van der Waals surface area contributed by atoms with Crippen molar-refractivity contribution in [3.8, 4) is 11.4 Å². The van der Waals surface area contributed by atoms with Crippen LogP contribution in [-0.2, 0) is 13.0 Å². The number of carbonyl (C=O) groups is 1. The van der Waals surface area contributed by atoms with Crippen molar-refractivity contribution in [2.24, 2.45) is 0 Å². The molecular formula is C20H20N4O. The third-order valence-corrected chi connectivity index (χ3v) is 3.73. The van der Waals surface area contributed by atoms with Gasteiger partial charge in [-0.2, -0.15) is 0 Å². The molecule has 25 heavy (non-hydrogen) atoms. The van der Waals surface area contributed by atoms with E-state index in [0.717, 1.165) is 16.7 Å². The zero-order chi connectivity index (χ0) is 17.3. The standard InChI is InChI=1S/C20H20N4O/c25-20(24-13-16-7-3-1-4-8-16)21-12-11-17-14-22-19(23-15-17)18-9-5-2-6-10-18/h1-10,14-15H,11-13H2,(H2,21,24,25). The second-order valence-corrected chi connectivity index (χ2v) is 5.63. The van der Waals surface area contributed by atoms with Crippen LogP contribution in [0.1, 0.15) is 11.1 Å². The molecule has 2 aromatic carbocycles. The highest BCUT2D eigenvalue weighted by molar-refractivity contribution is 5.73. The Kier molecular flexibility index (Phi) is 5.72. The highest BCUT2D eigenvalue weighted by Gasteiger charge is 2.03. The predicted octanol–water partition coefficient (Wildman–Crippen LogP) is 3.19. The third kappa shape index (κ3) is 5.14. The van der Waals surface area contributed by atoms with Crippen LogP contribution in [0.25, 0.3) is 11.4 Å². The van der Waals surface area contributed by atoms with E-state index in [-0.39, 0.29) is 6.03 Å². The molecule has 1 heterocycles. The average molecular weight is 332 g/mol. The largest absolute Gasteiger partial charge is 0.338 e. The van der Waals surface area contributed by atoms with Gasteiger partial charge in [-0.25, -0.2) is 14.8 Å². The fraction of sp³-hybridized carbons (Fsp3) is 0.150. The third-order valence-electron chi connectivity index (χ3n) is 3.73. The van der Waals surface area contributed by atoms with Gasteiger partial charge in [0.2, 0.25) is 0 Å². The molecular weight excluding hydrogens is 312 g/mol. The molecule has 5 heteroatoms.